The van der Waals surface area contributed by atoms with Crippen LogP contribution in [-0.2, 0) is 9.68 Å². The van der Waals surface area contributed by atoms with E-state index in [0.29, 0.717) is 0 Å². The van der Waals surface area contributed by atoms with Crippen molar-refractivity contribution in [3.8, 4) is 0 Å². The van der Waals surface area contributed by atoms with Crippen LogP contribution in [0.2, 0.25) is 0 Å². The largest absolute Gasteiger partial charge is 0.345 e. The van der Waals surface area contributed by atoms with Crippen LogP contribution in [0, 0.1) is 11.3 Å². The number of hydrogen-bond acceptors (Lipinski definition) is 3. The molecule has 1 unspecified atom stereocenters. The molecule has 102 valence electrons. The second kappa shape index (κ2) is 8.51. The van der Waals surface area contributed by atoms with Crippen LogP contribution >= 0.6 is 0 Å². The summed E-state index contributed by atoms with van der Waals surface area (Å²) in [4.78, 5) is 15.6. The van der Waals surface area contributed by atoms with Gasteiger partial charge in [0.05, 0.1) is 5.92 Å². The van der Waals surface area contributed by atoms with Gasteiger partial charge in [-0.2, -0.15) is 5.26 Å². The van der Waals surface area contributed by atoms with Gasteiger partial charge in [0.15, 0.2) is 0 Å². The Balaban J connectivity index is 4.76. The van der Waals surface area contributed by atoms with Gasteiger partial charge in [-0.05, 0) is 24.7 Å². The molecule has 3 heteroatoms. The van der Waals surface area contributed by atoms with E-state index in [0.717, 1.165) is 44.9 Å². The molecule has 17 heavy (non-hydrogen) atoms. The monoisotopic (exact) mass is 244 g/mol. The van der Waals surface area contributed by atoms with Crippen molar-refractivity contribution in [2.45, 2.75) is 72.6 Å². The lowest BCUT2D eigenvalue weighted by Gasteiger charge is -2.35. The van der Waals surface area contributed by atoms with Gasteiger partial charge in [0.25, 0.3) is 0 Å². The lowest BCUT2D eigenvalue weighted by atomic mass is 9.69. The van der Waals surface area contributed by atoms with Crippen LogP contribution in [0.3, 0.4) is 0 Å². The van der Waals surface area contributed by atoms with Crippen molar-refractivity contribution in [2.75, 3.05) is 0 Å². The zero-order chi connectivity index (χ0) is 13.3. The van der Waals surface area contributed by atoms with Gasteiger partial charge in [0, 0.05) is 0 Å². The third kappa shape index (κ3) is 5.07. The van der Waals surface area contributed by atoms with Crippen LogP contribution in [0.25, 0.3) is 0 Å². The maximum absolute atomic E-state index is 11.6. The highest BCUT2D eigenvalue weighted by Gasteiger charge is 2.38. The summed E-state index contributed by atoms with van der Waals surface area (Å²) in [7, 11) is 0. The Morgan fingerprint density at radius 2 is 1.65 bits per heavy atom. The van der Waals surface area contributed by atoms with E-state index in [1.54, 1.807) is 0 Å². The lowest BCUT2D eigenvalue weighted by molar-refractivity contribution is -0.243. The fourth-order valence-electron chi connectivity index (χ4n) is 2.64. The summed E-state index contributed by atoms with van der Waals surface area (Å²) in [6.45, 7) is 8.46. The standard InChI is InChI=1S/C14H28O3/c1-5-8-10-14(4,11-9-6-2)12(7-3)13(15)17-16/h12,16H,5-11H2,1-4H3. The van der Waals surface area contributed by atoms with Crippen LogP contribution in [0.5, 0.6) is 0 Å². The molecule has 0 amide bonds. The van der Waals surface area contributed by atoms with E-state index in [1.165, 1.54) is 0 Å². The minimum atomic E-state index is -0.470. The minimum absolute atomic E-state index is 0.0411. The molecule has 1 atom stereocenters. The second-order valence-electron chi connectivity index (χ2n) is 5.23. The Kier molecular flexibility index (Phi) is 8.23. The van der Waals surface area contributed by atoms with Crippen molar-refractivity contribution in [1.82, 2.24) is 0 Å². The maximum atomic E-state index is 11.6. The van der Waals surface area contributed by atoms with E-state index in [2.05, 4.69) is 25.7 Å². The third-order valence-electron chi connectivity index (χ3n) is 3.83. The van der Waals surface area contributed by atoms with E-state index < -0.39 is 5.97 Å². The zero-order valence-electron chi connectivity index (χ0n) is 11.8. The van der Waals surface area contributed by atoms with Crippen LogP contribution in [-0.4, -0.2) is 11.2 Å². The lowest BCUT2D eigenvalue weighted by Crippen LogP contribution is -2.34. The Hall–Kier alpha value is -0.570. The molecule has 0 aliphatic rings. The molecule has 0 rings (SSSR count). The predicted octanol–water partition coefficient (Wildman–Crippen LogP) is 4.42. The molecule has 0 aromatic carbocycles. The van der Waals surface area contributed by atoms with Gasteiger partial charge in [0.2, 0.25) is 0 Å². The van der Waals surface area contributed by atoms with Gasteiger partial charge in [-0.15, -0.1) is 0 Å². The van der Waals surface area contributed by atoms with E-state index in [-0.39, 0.29) is 11.3 Å². The van der Waals surface area contributed by atoms with Crippen molar-refractivity contribution in [3.05, 3.63) is 0 Å². The number of unbranched alkanes of at least 4 members (excludes halogenated alkanes) is 2. The summed E-state index contributed by atoms with van der Waals surface area (Å²) in [6.07, 6.45) is 7.28. The maximum Gasteiger partial charge on any atom is 0.345 e. The van der Waals surface area contributed by atoms with Crippen molar-refractivity contribution in [1.29, 1.82) is 0 Å². The first-order valence-corrected chi connectivity index (χ1v) is 6.90. The summed E-state index contributed by atoms with van der Waals surface area (Å²) >= 11 is 0. The highest BCUT2D eigenvalue weighted by Crippen LogP contribution is 2.40. The van der Waals surface area contributed by atoms with Crippen molar-refractivity contribution >= 4 is 5.97 Å². The summed E-state index contributed by atoms with van der Waals surface area (Å²) in [6, 6.07) is 0. The number of rotatable bonds is 9. The molecule has 0 spiro atoms. The smallest absolute Gasteiger partial charge is 0.301 e. The molecule has 0 saturated heterocycles. The van der Waals surface area contributed by atoms with Crippen molar-refractivity contribution < 1.29 is 14.9 Å². The van der Waals surface area contributed by atoms with Gasteiger partial charge in [-0.3, -0.25) is 0 Å². The Morgan fingerprint density at radius 3 is 1.94 bits per heavy atom. The van der Waals surface area contributed by atoms with Crippen LogP contribution < -0.4 is 0 Å². The first kappa shape index (κ1) is 16.4. The van der Waals surface area contributed by atoms with Crippen molar-refractivity contribution in [3.63, 3.8) is 0 Å². The average molecular weight is 244 g/mol. The predicted molar refractivity (Wildman–Crippen MR) is 69.7 cm³/mol. The molecule has 0 aliphatic carbocycles. The summed E-state index contributed by atoms with van der Waals surface area (Å²) in [5.41, 5.74) is -0.0411. The molecule has 0 aliphatic heterocycles. The Labute approximate surface area is 105 Å². The van der Waals surface area contributed by atoms with Gasteiger partial charge in [0.1, 0.15) is 0 Å². The number of carbonyl (C=O) groups is 1. The first-order valence-electron chi connectivity index (χ1n) is 6.90. The average Bonchev–Trinajstić information content (AvgIpc) is 2.34. The summed E-state index contributed by atoms with van der Waals surface area (Å²) in [5.74, 6) is -0.659. The van der Waals surface area contributed by atoms with E-state index in [1.807, 2.05) is 6.92 Å². The van der Waals surface area contributed by atoms with Crippen LogP contribution in [0.15, 0.2) is 0 Å². The van der Waals surface area contributed by atoms with E-state index in [9.17, 15) is 4.79 Å². The van der Waals surface area contributed by atoms with Gasteiger partial charge >= 0.3 is 5.97 Å². The van der Waals surface area contributed by atoms with E-state index >= 15 is 0 Å². The van der Waals surface area contributed by atoms with E-state index in [4.69, 9.17) is 5.26 Å². The Morgan fingerprint density at radius 1 is 1.18 bits per heavy atom. The molecule has 3 nitrogen and oxygen atoms in total. The quantitative estimate of drug-likeness (QED) is 0.482. The minimum Gasteiger partial charge on any atom is -0.301 e. The van der Waals surface area contributed by atoms with Crippen LogP contribution in [0.4, 0.5) is 0 Å². The molecule has 0 radical (unpaired) electrons. The first-order chi connectivity index (χ1) is 8.05. The Bertz CT molecular complexity index is 206. The molecule has 0 fully saturated rings. The van der Waals surface area contributed by atoms with Gasteiger partial charge < -0.3 is 4.89 Å². The second-order valence-corrected chi connectivity index (χ2v) is 5.23. The molecule has 0 aromatic heterocycles. The number of hydrogen-bond donors (Lipinski definition) is 1. The third-order valence-corrected chi connectivity index (χ3v) is 3.83. The number of carbonyl (C=O) groups excluding carboxylic acids is 1. The highest BCUT2D eigenvalue weighted by atomic mass is 17.1. The summed E-state index contributed by atoms with van der Waals surface area (Å²) in [5, 5.41) is 8.60. The van der Waals surface area contributed by atoms with Gasteiger partial charge in [-0.25, -0.2) is 4.79 Å². The molecular formula is C14H28O3. The molecule has 0 saturated carbocycles. The molecule has 0 aromatic rings. The molecule has 1 N–H and O–H groups in total. The molecule has 0 bridgehead atoms. The summed E-state index contributed by atoms with van der Waals surface area (Å²) < 4.78 is 0. The topological polar surface area (TPSA) is 46.5 Å². The normalized spacial score (nSPS) is 13.5. The van der Waals surface area contributed by atoms with Crippen LogP contribution in [0.1, 0.15) is 72.6 Å². The molecular weight excluding hydrogens is 216 g/mol. The molecule has 0 heterocycles. The van der Waals surface area contributed by atoms with Crippen molar-refractivity contribution in [2.24, 2.45) is 11.3 Å². The fraction of sp³-hybridized carbons (Fsp3) is 0.929. The zero-order valence-corrected chi connectivity index (χ0v) is 11.8. The highest BCUT2D eigenvalue weighted by molar-refractivity contribution is 5.72. The SMILES string of the molecule is CCCCC(C)(CCCC)C(CC)C(=O)OO. The van der Waals surface area contributed by atoms with Gasteiger partial charge in [-0.1, -0.05) is 53.4 Å². The fourth-order valence-corrected chi connectivity index (χ4v) is 2.64.